The number of carboxylic acid groups (broad SMARTS) is 1. The molecule has 0 bridgehead atoms. The number of benzene rings is 1. The van der Waals surface area contributed by atoms with E-state index in [1.807, 2.05) is 13.0 Å². The van der Waals surface area contributed by atoms with Crippen LogP contribution in [0.5, 0.6) is 5.75 Å². The van der Waals surface area contributed by atoms with E-state index in [-0.39, 0.29) is 5.88 Å². The average molecular weight is 237 g/mol. The molecule has 0 amide bonds. The zero-order chi connectivity index (χ0) is 12.8. The van der Waals surface area contributed by atoms with E-state index in [4.69, 9.17) is 21.4 Å². The van der Waals surface area contributed by atoms with Gasteiger partial charge in [0, 0.05) is 0 Å². The number of hydrogen-bond acceptors (Lipinski definition) is 5. The predicted octanol–water partition coefficient (Wildman–Crippen LogP) is 0.304. The molecule has 92 valence electrons. The Kier molecular flexibility index (Phi) is 4.36. The summed E-state index contributed by atoms with van der Waals surface area (Å²) < 4.78 is 5.27. The highest BCUT2D eigenvalue weighted by Gasteiger charge is 2.12. The first-order valence-electron chi connectivity index (χ1n) is 5.05. The monoisotopic (exact) mass is 237 g/mol. The lowest BCUT2D eigenvalue weighted by Crippen LogP contribution is -2.31. The average Bonchev–Trinajstić information content (AvgIpc) is 2.35. The number of nitrogens with one attached hydrogen (secondary N) is 1. The first kappa shape index (κ1) is 12.9. The second-order valence-corrected chi connectivity index (χ2v) is 3.30. The fraction of sp³-hybridized carbons (Fsp3) is 0.182. The lowest BCUT2D eigenvalue weighted by atomic mass is 10.2. The molecule has 1 aromatic rings. The molecule has 0 heterocycles. The zero-order valence-corrected chi connectivity index (χ0v) is 9.43. The minimum absolute atomic E-state index is 0.189. The van der Waals surface area contributed by atoms with E-state index in [0.717, 1.165) is 12.0 Å². The molecule has 6 nitrogen and oxygen atoms in total. The smallest absolute Gasteiger partial charge is 0.357 e. The molecule has 1 aromatic carbocycles. The Balaban J connectivity index is 2.95. The highest BCUT2D eigenvalue weighted by Crippen LogP contribution is 2.16. The summed E-state index contributed by atoms with van der Waals surface area (Å²) in [6, 6.07) is 7.21. The van der Waals surface area contributed by atoms with Crippen molar-refractivity contribution in [2.75, 3.05) is 0 Å². The molecular formula is C11H15N3O3. The molecule has 0 aliphatic rings. The van der Waals surface area contributed by atoms with Gasteiger partial charge in [-0.05, 0) is 24.1 Å². The fourth-order valence-corrected chi connectivity index (χ4v) is 1.21. The number of aliphatic carboxylic acids is 1. The normalized spacial score (nSPS) is 11.6. The number of hydrazine groups is 1. The molecule has 0 radical (unpaired) electrons. The van der Waals surface area contributed by atoms with Gasteiger partial charge in [-0.3, -0.25) is 5.43 Å². The van der Waals surface area contributed by atoms with Crippen LogP contribution in [-0.2, 0) is 11.2 Å². The van der Waals surface area contributed by atoms with Gasteiger partial charge in [-0.1, -0.05) is 19.1 Å². The van der Waals surface area contributed by atoms with Crippen molar-refractivity contribution in [2.24, 2.45) is 11.6 Å². The van der Waals surface area contributed by atoms with E-state index >= 15 is 0 Å². The largest absolute Gasteiger partial charge is 0.476 e. The van der Waals surface area contributed by atoms with Gasteiger partial charge in [-0.25, -0.2) is 10.6 Å². The first-order chi connectivity index (χ1) is 8.08. The number of aryl methyl sites for hydroxylation is 1. The van der Waals surface area contributed by atoms with Crippen LogP contribution in [0.2, 0.25) is 0 Å². The van der Waals surface area contributed by atoms with E-state index in [1.54, 1.807) is 18.2 Å². The molecule has 0 aromatic heterocycles. The number of rotatable bonds is 5. The Morgan fingerprint density at radius 1 is 1.53 bits per heavy atom. The van der Waals surface area contributed by atoms with Gasteiger partial charge in [0.25, 0.3) is 0 Å². The third-order valence-electron chi connectivity index (χ3n) is 2.13. The van der Waals surface area contributed by atoms with Crippen molar-refractivity contribution in [1.82, 2.24) is 5.43 Å². The van der Waals surface area contributed by atoms with Gasteiger partial charge in [0.1, 0.15) is 5.75 Å². The number of ether oxygens (including phenoxy) is 1. The number of nitrogens with two attached hydrogens (primary N) is 2. The van der Waals surface area contributed by atoms with Crippen LogP contribution in [0.4, 0.5) is 0 Å². The molecular weight excluding hydrogens is 222 g/mol. The van der Waals surface area contributed by atoms with Crippen molar-refractivity contribution in [3.05, 3.63) is 41.4 Å². The molecule has 6 N–H and O–H groups in total. The van der Waals surface area contributed by atoms with Crippen LogP contribution in [0.3, 0.4) is 0 Å². The minimum Gasteiger partial charge on any atom is -0.476 e. The second kappa shape index (κ2) is 5.76. The summed E-state index contributed by atoms with van der Waals surface area (Å²) in [7, 11) is 0. The van der Waals surface area contributed by atoms with E-state index in [9.17, 15) is 4.79 Å². The summed E-state index contributed by atoms with van der Waals surface area (Å²) in [5, 5.41) is 8.70. The summed E-state index contributed by atoms with van der Waals surface area (Å²) in [6.45, 7) is 2.00. The highest BCUT2D eigenvalue weighted by atomic mass is 16.5. The molecule has 0 saturated heterocycles. The van der Waals surface area contributed by atoms with Crippen LogP contribution >= 0.6 is 0 Å². The van der Waals surface area contributed by atoms with Gasteiger partial charge < -0.3 is 15.6 Å². The zero-order valence-electron chi connectivity index (χ0n) is 9.43. The standard InChI is InChI=1S/C11H15N3O3/c1-2-7-4-3-5-8(6-7)17-10(14-13)9(12)11(15)16/h3-6,14H,2,12-13H2,1H3,(H,15,16)/b10-9+. The molecule has 0 aliphatic heterocycles. The Labute approximate surface area is 98.8 Å². The Morgan fingerprint density at radius 2 is 2.24 bits per heavy atom. The summed E-state index contributed by atoms with van der Waals surface area (Å²) in [5.74, 6) is 4.14. The van der Waals surface area contributed by atoms with Crippen LogP contribution in [0.25, 0.3) is 0 Å². The predicted molar refractivity (Wildman–Crippen MR) is 62.6 cm³/mol. The van der Waals surface area contributed by atoms with Crippen LogP contribution in [0.1, 0.15) is 12.5 Å². The molecule has 0 spiro atoms. The number of carbonyl (C=O) groups is 1. The Hall–Kier alpha value is -2.21. The Morgan fingerprint density at radius 3 is 2.76 bits per heavy atom. The molecule has 0 saturated carbocycles. The molecule has 0 unspecified atom stereocenters. The fourth-order valence-electron chi connectivity index (χ4n) is 1.21. The van der Waals surface area contributed by atoms with E-state index in [0.29, 0.717) is 5.75 Å². The second-order valence-electron chi connectivity index (χ2n) is 3.30. The van der Waals surface area contributed by atoms with Crippen LogP contribution in [0.15, 0.2) is 35.8 Å². The molecule has 6 heteroatoms. The van der Waals surface area contributed by atoms with Gasteiger partial charge in [0.2, 0.25) is 5.88 Å². The molecule has 0 atom stereocenters. The summed E-state index contributed by atoms with van der Waals surface area (Å²) >= 11 is 0. The lowest BCUT2D eigenvalue weighted by molar-refractivity contribution is -0.132. The van der Waals surface area contributed by atoms with Crippen molar-refractivity contribution in [3.63, 3.8) is 0 Å². The van der Waals surface area contributed by atoms with Crippen LogP contribution < -0.4 is 21.7 Å². The van der Waals surface area contributed by atoms with Crippen molar-refractivity contribution < 1.29 is 14.6 Å². The minimum atomic E-state index is -1.30. The summed E-state index contributed by atoms with van der Waals surface area (Å²) in [6.07, 6.45) is 0.848. The lowest BCUT2D eigenvalue weighted by Gasteiger charge is -2.11. The van der Waals surface area contributed by atoms with Gasteiger partial charge >= 0.3 is 5.97 Å². The molecule has 1 rings (SSSR count). The SMILES string of the molecule is CCc1cccc(O/C(NN)=C(/N)C(=O)O)c1. The topological polar surface area (TPSA) is 111 Å². The quantitative estimate of drug-likeness (QED) is 0.254. The maximum atomic E-state index is 10.7. The van der Waals surface area contributed by atoms with E-state index in [2.05, 4.69) is 5.43 Å². The highest BCUT2D eigenvalue weighted by molar-refractivity contribution is 5.85. The third-order valence-corrected chi connectivity index (χ3v) is 2.13. The molecule has 0 fully saturated rings. The number of carboxylic acids is 1. The Bertz CT molecular complexity index is 443. The maximum Gasteiger partial charge on any atom is 0.357 e. The van der Waals surface area contributed by atoms with Crippen LogP contribution in [0, 0.1) is 0 Å². The maximum absolute atomic E-state index is 10.7. The van der Waals surface area contributed by atoms with Gasteiger partial charge in [-0.2, -0.15) is 0 Å². The third kappa shape index (κ3) is 3.39. The van der Waals surface area contributed by atoms with E-state index < -0.39 is 11.7 Å². The van der Waals surface area contributed by atoms with E-state index in [1.165, 1.54) is 0 Å². The van der Waals surface area contributed by atoms with Gasteiger partial charge in [-0.15, -0.1) is 0 Å². The van der Waals surface area contributed by atoms with Crippen molar-refractivity contribution in [2.45, 2.75) is 13.3 Å². The van der Waals surface area contributed by atoms with Crippen molar-refractivity contribution in [3.8, 4) is 5.75 Å². The number of hydrogen-bond donors (Lipinski definition) is 4. The molecule has 0 aliphatic carbocycles. The van der Waals surface area contributed by atoms with Gasteiger partial charge in [0.15, 0.2) is 5.70 Å². The first-order valence-corrected chi connectivity index (χ1v) is 5.05. The summed E-state index contributed by atoms with van der Waals surface area (Å²) in [5.41, 5.74) is 8.01. The van der Waals surface area contributed by atoms with Crippen molar-refractivity contribution >= 4 is 5.97 Å². The van der Waals surface area contributed by atoms with Gasteiger partial charge in [0.05, 0.1) is 0 Å². The summed E-state index contributed by atoms with van der Waals surface area (Å²) in [4.78, 5) is 10.7. The van der Waals surface area contributed by atoms with Crippen molar-refractivity contribution in [1.29, 1.82) is 0 Å². The van der Waals surface area contributed by atoms with Crippen LogP contribution in [-0.4, -0.2) is 11.1 Å². The molecule has 17 heavy (non-hydrogen) atoms.